The second kappa shape index (κ2) is 3.63. The van der Waals surface area contributed by atoms with Gasteiger partial charge in [-0.25, -0.2) is 9.59 Å². The minimum absolute atomic E-state index is 0.219. The first kappa shape index (κ1) is 11.5. The van der Waals surface area contributed by atoms with Crippen molar-refractivity contribution in [2.24, 2.45) is 7.05 Å². The Morgan fingerprint density at radius 2 is 2.20 bits per heavy atom. The number of cyclic esters (lactones) is 1. The number of fused-ring (bicyclic) bond motifs is 5. The second-order valence-electron chi connectivity index (χ2n) is 5.08. The average Bonchev–Trinajstić information content (AvgIpc) is 3.04. The Labute approximate surface area is 113 Å². The molecule has 104 valence electrons. The lowest BCUT2D eigenvalue weighted by atomic mass is 10.1. The van der Waals surface area contributed by atoms with Gasteiger partial charge in [0.15, 0.2) is 5.58 Å². The SMILES string of the molecule is Cn1c(=O)oc2c3c(ccc21)N1C(=O)O[C@@H](CO)[C@@H]1C3. The van der Waals surface area contributed by atoms with E-state index in [0.717, 1.165) is 5.56 Å². The quantitative estimate of drug-likeness (QED) is 0.813. The summed E-state index contributed by atoms with van der Waals surface area (Å²) < 4.78 is 11.8. The van der Waals surface area contributed by atoms with Gasteiger partial charge in [-0.2, -0.15) is 0 Å². The Bertz CT molecular complexity index is 790. The smallest absolute Gasteiger partial charge is 0.419 e. The van der Waals surface area contributed by atoms with E-state index in [9.17, 15) is 14.7 Å². The molecule has 0 radical (unpaired) electrons. The van der Waals surface area contributed by atoms with Crippen LogP contribution in [0.5, 0.6) is 0 Å². The summed E-state index contributed by atoms with van der Waals surface area (Å²) in [7, 11) is 1.64. The standard InChI is InChI=1S/C13H12N2O5/c1-14-8-3-2-7-6(11(8)20-12(14)17)4-9-10(5-16)19-13(18)15(7)9/h2-3,9-10,16H,4-5H2,1H3/t9-,10-/m0/s1. The van der Waals surface area contributed by atoms with Gasteiger partial charge in [0.2, 0.25) is 0 Å². The molecule has 0 bridgehead atoms. The van der Waals surface area contributed by atoms with Crippen molar-refractivity contribution in [1.82, 2.24) is 4.57 Å². The van der Waals surface area contributed by atoms with E-state index in [-0.39, 0.29) is 12.6 Å². The summed E-state index contributed by atoms with van der Waals surface area (Å²) in [5.74, 6) is -0.429. The van der Waals surface area contributed by atoms with Crippen molar-refractivity contribution in [2.45, 2.75) is 18.6 Å². The maximum absolute atomic E-state index is 11.9. The van der Waals surface area contributed by atoms with Gasteiger partial charge in [-0.15, -0.1) is 0 Å². The third-order valence-electron chi connectivity index (χ3n) is 4.10. The number of oxazole rings is 1. The zero-order chi connectivity index (χ0) is 14.0. The number of aromatic nitrogens is 1. The maximum Gasteiger partial charge on any atom is 0.419 e. The first-order chi connectivity index (χ1) is 9.61. The molecule has 0 unspecified atom stereocenters. The molecule has 4 rings (SSSR count). The van der Waals surface area contributed by atoms with Gasteiger partial charge in [0.05, 0.1) is 23.9 Å². The third-order valence-corrected chi connectivity index (χ3v) is 4.10. The second-order valence-corrected chi connectivity index (χ2v) is 5.08. The largest absolute Gasteiger partial charge is 0.441 e. The van der Waals surface area contributed by atoms with E-state index in [0.29, 0.717) is 23.2 Å². The van der Waals surface area contributed by atoms with Crippen LogP contribution in [0.25, 0.3) is 11.1 Å². The number of anilines is 1. The molecule has 1 amide bonds. The van der Waals surface area contributed by atoms with Gasteiger partial charge in [-0.05, 0) is 12.1 Å². The van der Waals surface area contributed by atoms with Gasteiger partial charge in [-0.1, -0.05) is 0 Å². The summed E-state index contributed by atoms with van der Waals surface area (Å²) in [4.78, 5) is 25.0. The maximum atomic E-state index is 11.9. The van der Waals surface area contributed by atoms with Crippen LogP contribution in [0.15, 0.2) is 21.3 Å². The summed E-state index contributed by atoms with van der Waals surface area (Å²) >= 11 is 0. The molecule has 1 aromatic carbocycles. The number of carbonyl (C=O) groups excluding carboxylic acids is 1. The Kier molecular flexibility index (Phi) is 2.10. The molecule has 20 heavy (non-hydrogen) atoms. The predicted octanol–water partition coefficient (Wildman–Crippen LogP) is 0.374. The number of ether oxygens (including phenoxy) is 1. The lowest BCUT2D eigenvalue weighted by molar-refractivity contribution is 0.0831. The van der Waals surface area contributed by atoms with Crippen LogP contribution >= 0.6 is 0 Å². The fourth-order valence-corrected chi connectivity index (χ4v) is 3.09. The van der Waals surface area contributed by atoms with Crippen LogP contribution in [0.4, 0.5) is 10.5 Å². The fraction of sp³-hybridized carbons (Fsp3) is 0.385. The molecule has 2 aromatic rings. The van der Waals surface area contributed by atoms with Crippen LogP contribution in [0.2, 0.25) is 0 Å². The topological polar surface area (TPSA) is 84.9 Å². The molecule has 0 spiro atoms. The van der Waals surface area contributed by atoms with Crippen molar-refractivity contribution in [3.63, 3.8) is 0 Å². The summed E-state index contributed by atoms with van der Waals surface area (Å²) in [6, 6.07) is 3.30. The average molecular weight is 276 g/mol. The summed E-state index contributed by atoms with van der Waals surface area (Å²) in [5.41, 5.74) is 2.72. The van der Waals surface area contributed by atoms with Crippen LogP contribution < -0.4 is 10.7 Å². The molecule has 1 fully saturated rings. The van der Waals surface area contributed by atoms with E-state index in [1.165, 1.54) is 9.47 Å². The van der Waals surface area contributed by atoms with Gasteiger partial charge >= 0.3 is 11.8 Å². The minimum Gasteiger partial charge on any atom is -0.441 e. The van der Waals surface area contributed by atoms with E-state index >= 15 is 0 Å². The lowest BCUT2D eigenvalue weighted by Crippen LogP contribution is -2.34. The number of nitrogens with zero attached hydrogens (tertiary/aromatic N) is 2. The van der Waals surface area contributed by atoms with Crippen LogP contribution in [-0.4, -0.2) is 34.5 Å². The number of hydrogen-bond donors (Lipinski definition) is 1. The molecule has 1 aromatic heterocycles. The molecule has 7 nitrogen and oxygen atoms in total. The lowest BCUT2D eigenvalue weighted by Gasteiger charge is -2.14. The third kappa shape index (κ3) is 1.23. The molecule has 1 N–H and O–H groups in total. The van der Waals surface area contributed by atoms with Gasteiger partial charge in [0.25, 0.3) is 0 Å². The van der Waals surface area contributed by atoms with Gasteiger partial charge in [0, 0.05) is 19.0 Å². The predicted molar refractivity (Wildman–Crippen MR) is 68.8 cm³/mol. The number of carbonyl (C=O) groups is 1. The molecule has 0 saturated carbocycles. The molecule has 0 aliphatic carbocycles. The van der Waals surface area contributed by atoms with E-state index in [4.69, 9.17) is 9.15 Å². The highest BCUT2D eigenvalue weighted by molar-refractivity contribution is 5.98. The van der Waals surface area contributed by atoms with Crippen molar-refractivity contribution >= 4 is 22.9 Å². The highest BCUT2D eigenvalue weighted by Crippen LogP contribution is 2.41. The van der Waals surface area contributed by atoms with Crippen LogP contribution in [0.3, 0.4) is 0 Å². The highest BCUT2D eigenvalue weighted by atomic mass is 16.6. The summed E-state index contributed by atoms with van der Waals surface area (Å²) in [6.07, 6.45) is -0.498. The number of aliphatic hydroxyl groups is 1. The van der Waals surface area contributed by atoms with Crippen LogP contribution in [0.1, 0.15) is 5.56 Å². The van der Waals surface area contributed by atoms with Crippen molar-refractivity contribution in [1.29, 1.82) is 0 Å². The van der Waals surface area contributed by atoms with Crippen molar-refractivity contribution in [2.75, 3.05) is 11.5 Å². The number of rotatable bonds is 1. The Hall–Kier alpha value is -2.28. The summed E-state index contributed by atoms with van der Waals surface area (Å²) in [5, 5.41) is 9.29. The molecule has 1 saturated heterocycles. The molecular weight excluding hydrogens is 264 g/mol. The molecule has 2 aliphatic heterocycles. The number of aliphatic hydroxyl groups excluding tert-OH is 1. The Balaban J connectivity index is 1.95. The van der Waals surface area contributed by atoms with Crippen LogP contribution in [0, 0.1) is 0 Å². The van der Waals surface area contributed by atoms with E-state index < -0.39 is 18.0 Å². The molecule has 2 aliphatic rings. The van der Waals surface area contributed by atoms with Crippen molar-refractivity contribution < 1.29 is 19.1 Å². The van der Waals surface area contributed by atoms with Gasteiger partial charge in [-0.3, -0.25) is 9.47 Å². The molecule has 7 heteroatoms. The van der Waals surface area contributed by atoms with E-state index in [2.05, 4.69) is 0 Å². The molecular formula is C13H12N2O5. The minimum atomic E-state index is -0.541. The Morgan fingerprint density at radius 1 is 1.40 bits per heavy atom. The first-order valence-electron chi connectivity index (χ1n) is 6.34. The Morgan fingerprint density at radius 3 is 2.95 bits per heavy atom. The monoisotopic (exact) mass is 276 g/mol. The van der Waals surface area contributed by atoms with E-state index in [1.54, 1.807) is 19.2 Å². The fourth-order valence-electron chi connectivity index (χ4n) is 3.09. The van der Waals surface area contributed by atoms with Gasteiger partial charge in [0.1, 0.15) is 6.10 Å². The normalized spacial score (nSPS) is 24.1. The van der Waals surface area contributed by atoms with E-state index in [1.807, 2.05) is 0 Å². The first-order valence-corrected chi connectivity index (χ1v) is 6.34. The zero-order valence-electron chi connectivity index (χ0n) is 10.7. The van der Waals surface area contributed by atoms with Gasteiger partial charge < -0.3 is 14.3 Å². The molecule has 2 atom stereocenters. The number of aryl methyl sites for hydroxylation is 1. The van der Waals surface area contributed by atoms with Crippen molar-refractivity contribution in [3.8, 4) is 0 Å². The highest BCUT2D eigenvalue weighted by Gasteiger charge is 2.48. The number of amides is 1. The van der Waals surface area contributed by atoms with Crippen molar-refractivity contribution in [3.05, 3.63) is 28.2 Å². The summed E-state index contributed by atoms with van der Waals surface area (Å²) in [6.45, 7) is -0.219. The number of benzene rings is 1. The molecule has 3 heterocycles. The van der Waals surface area contributed by atoms with Crippen LogP contribution in [-0.2, 0) is 18.2 Å². The number of hydrogen-bond acceptors (Lipinski definition) is 5. The zero-order valence-corrected chi connectivity index (χ0v) is 10.7.